The number of carbonyl (C=O) groups is 1. The van der Waals surface area contributed by atoms with Crippen molar-refractivity contribution in [2.45, 2.75) is 38.3 Å². The Hall–Kier alpha value is -2.95. The molecule has 2 aromatic rings. The molecule has 1 N–H and O–H groups in total. The number of rotatable bonds is 5. The molecule has 0 aromatic heterocycles. The lowest BCUT2D eigenvalue weighted by Crippen LogP contribution is -2.58. The fourth-order valence-corrected chi connectivity index (χ4v) is 4.62. The number of fused-ring (bicyclic) bond motifs is 3. The standard InChI is InChI=1S/C24H28N2O3/c1-6-16-7-9-20-19(13-16)23(2,3)24(25-22(27)15-26(20)24)12-11-17-14-18(28-4)8-10-21(17)29-5/h7-14H,6,15H2,1-5H3,(H,25,27)/b12-11+/t24-/m0/s1. The Morgan fingerprint density at radius 1 is 1.14 bits per heavy atom. The van der Waals surface area contributed by atoms with Crippen LogP contribution in [0.2, 0.25) is 0 Å². The Bertz CT molecular complexity index is 996. The van der Waals surface area contributed by atoms with E-state index in [1.807, 2.05) is 24.3 Å². The summed E-state index contributed by atoms with van der Waals surface area (Å²) in [7, 11) is 3.30. The Balaban J connectivity index is 1.83. The zero-order valence-corrected chi connectivity index (χ0v) is 17.7. The largest absolute Gasteiger partial charge is 0.497 e. The summed E-state index contributed by atoms with van der Waals surface area (Å²) in [4.78, 5) is 14.7. The van der Waals surface area contributed by atoms with Gasteiger partial charge in [-0.15, -0.1) is 0 Å². The van der Waals surface area contributed by atoms with Gasteiger partial charge in [0.2, 0.25) is 5.91 Å². The van der Waals surface area contributed by atoms with Crippen LogP contribution in [0.3, 0.4) is 0 Å². The number of methoxy groups -OCH3 is 2. The van der Waals surface area contributed by atoms with Crippen LogP contribution >= 0.6 is 0 Å². The van der Waals surface area contributed by atoms with E-state index in [9.17, 15) is 4.79 Å². The third kappa shape index (κ3) is 2.79. The average molecular weight is 392 g/mol. The maximum atomic E-state index is 12.5. The van der Waals surface area contributed by atoms with Crippen molar-refractivity contribution in [2.24, 2.45) is 0 Å². The fraction of sp³-hybridized carbons (Fsp3) is 0.375. The van der Waals surface area contributed by atoms with Gasteiger partial charge in [0.1, 0.15) is 17.2 Å². The number of nitrogens with zero attached hydrogens (tertiary/aromatic N) is 1. The van der Waals surface area contributed by atoms with Gasteiger partial charge in [0.25, 0.3) is 0 Å². The van der Waals surface area contributed by atoms with E-state index in [0.29, 0.717) is 6.54 Å². The molecule has 1 amide bonds. The third-order valence-electron chi connectivity index (χ3n) is 6.38. The van der Waals surface area contributed by atoms with Crippen molar-refractivity contribution in [3.8, 4) is 11.5 Å². The number of benzene rings is 2. The molecule has 1 saturated heterocycles. The lowest BCUT2D eigenvalue weighted by molar-refractivity contribution is -0.118. The summed E-state index contributed by atoms with van der Waals surface area (Å²) in [5.74, 6) is 1.55. The molecule has 5 heteroatoms. The highest BCUT2D eigenvalue weighted by Gasteiger charge is 2.59. The number of carbonyl (C=O) groups excluding carboxylic acids is 1. The second kappa shape index (κ2) is 6.83. The molecule has 0 bridgehead atoms. The van der Waals surface area contributed by atoms with Crippen LogP contribution in [0.15, 0.2) is 42.5 Å². The second-order valence-electron chi connectivity index (χ2n) is 8.17. The van der Waals surface area contributed by atoms with Gasteiger partial charge in [-0.05, 0) is 47.9 Å². The van der Waals surface area contributed by atoms with E-state index in [1.54, 1.807) is 14.2 Å². The first-order chi connectivity index (χ1) is 13.9. The van der Waals surface area contributed by atoms with Crippen LogP contribution in [0.25, 0.3) is 6.08 Å². The van der Waals surface area contributed by atoms with Crippen molar-refractivity contribution in [1.82, 2.24) is 5.32 Å². The minimum Gasteiger partial charge on any atom is -0.497 e. The van der Waals surface area contributed by atoms with E-state index in [1.165, 1.54) is 11.1 Å². The molecule has 2 aliphatic heterocycles. The van der Waals surface area contributed by atoms with Crippen LogP contribution in [-0.4, -0.2) is 32.3 Å². The Labute approximate surface area is 172 Å². The maximum absolute atomic E-state index is 12.5. The number of ether oxygens (including phenoxy) is 2. The van der Waals surface area contributed by atoms with Gasteiger partial charge in [0, 0.05) is 16.7 Å². The van der Waals surface area contributed by atoms with Gasteiger partial charge in [-0.2, -0.15) is 0 Å². The molecule has 0 saturated carbocycles. The number of hydrogen-bond acceptors (Lipinski definition) is 4. The average Bonchev–Trinajstić information content (AvgIpc) is 3.16. The van der Waals surface area contributed by atoms with Crippen molar-refractivity contribution in [1.29, 1.82) is 0 Å². The minimum atomic E-state index is -0.632. The molecule has 4 rings (SSSR count). The SMILES string of the molecule is CCc1ccc2c(c1)C(C)(C)[C@@]1(/C=C/c3cc(OC)ccc3OC)NC(=O)CN21. The summed E-state index contributed by atoms with van der Waals surface area (Å²) in [6, 6.07) is 12.3. The predicted octanol–water partition coefficient (Wildman–Crippen LogP) is 3.90. The van der Waals surface area contributed by atoms with Gasteiger partial charge in [-0.25, -0.2) is 0 Å². The number of nitrogens with one attached hydrogen (secondary N) is 1. The topological polar surface area (TPSA) is 50.8 Å². The third-order valence-corrected chi connectivity index (χ3v) is 6.38. The van der Waals surface area contributed by atoms with E-state index in [4.69, 9.17) is 9.47 Å². The quantitative estimate of drug-likeness (QED) is 0.838. The molecular weight excluding hydrogens is 364 g/mol. The lowest BCUT2D eigenvalue weighted by Gasteiger charge is -2.40. The highest BCUT2D eigenvalue weighted by molar-refractivity contribution is 5.91. The van der Waals surface area contributed by atoms with Gasteiger partial charge in [0.15, 0.2) is 0 Å². The molecule has 0 aliphatic carbocycles. The molecule has 29 heavy (non-hydrogen) atoms. The number of aryl methyl sites for hydroxylation is 1. The van der Waals surface area contributed by atoms with E-state index in [0.717, 1.165) is 29.2 Å². The van der Waals surface area contributed by atoms with E-state index < -0.39 is 5.66 Å². The van der Waals surface area contributed by atoms with Crippen molar-refractivity contribution >= 4 is 17.7 Å². The van der Waals surface area contributed by atoms with Crippen LogP contribution < -0.4 is 19.7 Å². The summed E-state index contributed by atoms with van der Waals surface area (Å²) in [5, 5.41) is 3.27. The number of hydrogen-bond donors (Lipinski definition) is 1. The monoisotopic (exact) mass is 392 g/mol. The molecular formula is C24H28N2O3. The highest BCUT2D eigenvalue weighted by Crippen LogP contribution is 2.53. The predicted molar refractivity (Wildman–Crippen MR) is 116 cm³/mol. The van der Waals surface area contributed by atoms with Crippen molar-refractivity contribution in [3.05, 3.63) is 59.2 Å². The van der Waals surface area contributed by atoms with Crippen LogP contribution in [0.5, 0.6) is 11.5 Å². The first-order valence-corrected chi connectivity index (χ1v) is 9.99. The van der Waals surface area contributed by atoms with Gasteiger partial charge < -0.3 is 19.7 Å². The van der Waals surface area contributed by atoms with Crippen LogP contribution in [0.1, 0.15) is 37.5 Å². The van der Waals surface area contributed by atoms with E-state index >= 15 is 0 Å². The summed E-state index contributed by atoms with van der Waals surface area (Å²) in [6.45, 7) is 6.91. The summed E-state index contributed by atoms with van der Waals surface area (Å²) in [5.41, 5.74) is 3.66. The van der Waals surface area contributed by atoms with Crippen LogP contribution in [0, 0.1) is 0 Å². The minimum absolute atomic E-state index is 0.0329. The highest BCUT2D eigenvalue weighted by atomic mass is 16.5. The van der Waals surface area contributed by atoms with Gasteiger partial charge >= 0.3 is 0 Å². The molecule has 0 unspecified atom stereocenters. The van der Waals surface area contributed by atoms with E-state index in [2.05, 4.69) is 55.3 Å². The smallest absolute Gasteiger partial charge is 0.241 e. The van der Waals surface area contributed by atoms with Crippen molar-refractivity contribution in [3.63, 3.8) is 0 Å². The molecule has 152 valence electrons. The lowest BCUT2D eigenvalue weighted by atomic mass is 9.75. The summed E-state index contributed by atoms with van der Waals surface area (Å²) < 4.78 is 10.9. The maximum Gasteiger partial charge on any atom is 0.241 e. The molecule has 2 aromatic carbocycles. The number of amides is 1. The molecule has 5 nitrogen and oxygen atoms in total. The zero-order valence-electron chi connectivity index (χ0n) is 17.7. The summed E-state index contributed by atoms with van der Waals surface area (Å²) >= 11 is 0. The molecule has 0 radical (unpaired) electrons. The summed E-state index contributed by atoms with van der Waals surface area (Å²) in [6.07, 6.45) is 5.11. The zero-order chi connectivity index (χ0) is 20.8. The Morgan fingerprint density at radius 3 is 2.62 bits per heavy atom. The number of anilines is 1. The molecule has 0 spiro atoms. The molecule has 2 heterocycles. The second-order valence-corrected chi connectivity index (χ2v) is 8.17. The molecule has 2 aliphatic rings. The van der Waals surface area contributed by atoms with Crippen molar-refractivity contribution in [2.75, 3.05) is 25.7 Å². The molecule has 1 fully saturated rings. The molecule has 1 atom stereocenters. The van der Waals surface area contributed by atoms with Gasteiger partial charge in [-0.3, -0.25) is 4.79 Å². The first kappa shape index (κ1) is 19.4. The van der Waals surface area contributed by atoms with Crippen LogP contribution in [-0.2, 0) is 16.6 Å². The van der Waals surface area contributed by atoms with Crippen LogP contribution in [0.4, 0.5) is 5.69 Å². The normalized spacial score (nSPS) is 21.8. The van der Waals surface area contributed by atoms with E-state index in [-0.39, 0.29) is 11.3 Å². The van der Waals surface area contributed by atoms with Gasteiger partial charge in [-0.1, -0.05) is 39.0 Å². The van der Waals surface area contributed by atoms with Gasteiger partial charge in [0.05, 0.1) is 20.8 Å². The first-order valence-electron chi connectivity index (χ1n) is 9.99. The fourth-order valence-electron chi connectivity index (χ4n) is 4.62. The van der Waals surface area contributed by atoms with Crippen molar-refractivity contribution < 1.29 is 14.3 Å². The Morgan fingerprint density at radius 2 is 1.93 bits per heavy atom. The Kier molecular flexibility index (Phi) is 4.56.